The summed E-state index contributed by atoms with van der Waals surface area (Å²) in [6, 6.07) is 20.0. The predicted octanol–water partition coefficient (Wildman–Crippen LogP) is 4.58. The average Bonchev–Trinajstić information content (AvgIpc) is 2.76. The fraction of sp³-hybridized carbons (Fsp3) is 0.0833. The number of amides is 1. The van der Waals surface area contributed by atoms with Crippen LogP contribution in [0, 0.1) is 5.82 Å². The molecule has 1 aliphatic rings. The van der Waals surface area contributed by atoms with Gasteiger partial charge in [-0.05, 0) is 53.6 Å². The molecule has 3 aromatic carbocycles. The number of hydrogen-bond donors (Lipinski definition) is 0. The molecule has 150 valence electrons. The number of esters is 1. The Morgan fingerprint density at radius 2 is 1.83 bits per heavy atom. The highest BCUT2D eigenvalue weighted by molar-refractivity contribution is 6.09. The van der Waals surface area contributed by atoms with Crippen molar-refractivity contribution in [1.29, 1.82) is 0 Å². The lowest BCUT2D eigenvalue weighted by atomic mass is 10.1. The van der Waals surface area contributed by atoms with Gasteiger partial charge in [-0.1, -0.05) is 36.4 Å². The number of carbonyl (C=O) groups is 2. The summed E-state index contributed by atoms with van der Waals surface area (Å²) in [6.07, 6.45) is 1.61. The van der Waals surface area contributed by atoms with Crippen LogP contribution in [0.1, 0.15) is 21.5 Å². The number of anilines is 1. The van der Waals surface area contributed by atoms with Gasteiger partial charge in [0.15, 0.2) is 11.5 Å². The molecule has 0 aromatic heterocycles. The van der Waals surface area contributed by atoms with E-state index >= 15 is 0 Å². The van der Waals surface area contributed by atoms with Crippen LogP contribution >= 0.6 is 0 Å². The summed E-state index contributed by atoms with van der Waals surface area (Å²) in [6.45, 7) is 0.204. The second-order valence-electron chi connectivity index (χ2n) is 6.71. The zero-order valence-corrected chi connectivity index (χ0v) is 16.2. The molecular formula is C24H18FNO4. The molecule has 1 heterocycles. The summed E-state index contributed by atoms with van der Waals surface area (Å²) in [5.41, 5.74) is 2.39. The van der Waals surface area contributed by atoms with E-state index in [0.29, 0.717) is 28.1 Å². The molecule has 0 saturated carbocycles. The van der Waals surface area contributed by atoms with Gasteiger partial charge in [0.2, 0.25) is 0 Å². The van der Waals surface area contributed by atoms with Crippen molar-refractivity contribution < 1.29 is 23.5 Å². The topological polar surface area (TPSA) is 55.8 Å². The summed E-state index contributed by atoms with van der Waals surface area (Å²) in [4.78, 5) is 26.3. The van der Waals surface area contributed by atoms with Crippen LogP contribution in [0.5, 0.6) is 5.75 Å². The molecule has 1 amide bonds. The summed E-state index contributed by atoms with van der Waals surface area (Å²) in [5.74, 6) is -0.464. The van der Waals surface area contributed by atoms with Crippen molar-refractivity contribution in [2.24, 2.45) is 0 Å². The number of halogens is 1. The molecule has 0 atom stereocenters. The van der Waals surface area contributed by atoms with Crippen LogP contribution in [0.2, 0.25) is 0 Å². The number of carbonyl (C=O) groups excluding carboxylic acids is 2. The molecule has 1 aliphatic heterocycles. The molecular weight excluding hydrogens is 385 g/mol. The van der Waals surface area contributed by atoms with Crippen LogP contribution in [-0.2, 0) is 16.1 Å². The van der Waals surface area contributed by atoms with Crippen molar-refractivity contribution in [3.05, 3.63) is 101 Å². The van der Waals surface area contributed by atoms with E-state index in [2.05, 4.69) is 0 Å². The molecule has 0 aliphatic carbocycles. The van der Waals surface area contributed by atoms with Crippen LogP contribution in [0.15, 0.2) is 78.6 Å². The molecule has 0 radical (unpaired) electrons. The normalized spacial score (nSPS) is 14.3. The van der Waals surface area contributed by atoms with Crippen LogP contribution in [0.25, 0.3) is 6.08 Å². The maximum Gasteiger partial charge on any atom is 0.337 e. The number of nitrogens with zero attached hydrogens (tertiary/aromatic N) is 1. The van der Waals surface area contributed by atoms with Gasteiger partial charge in [0.25, 0.3) is 5.91 Å². The Bertz CT molecular complexity index is 1140. The third kappa shape index (κ3) is 3.93. The number of ether oxygens (including phenoxy) is 2. The Morgan fingerprint density at radius 1 is 1.07 bits per heavy atom. The first-order valence-corrected chi connectivity index (χ1v) is 9.28. The Balaban J connectivity index is 1.68. The number of benzene rings is 3. The Morgan fingerprint density at radius 3 is 2.57 bits per heavy atom. The summed E-state index contributed by atoms with van der Waals surface area (Å²) >= 11 is 0. The SMILES string of the molecule is COC(=O)c1ccc(C=C2Oc3ccccc3N(Cc3cccc(F)c3)C2=O)cc1. The Labute approximate surface area is 173 Å². The van der Waals surface area contributed by atoms with E-state index in [9.17, 15) is 14.0 Å². The Hall–Kier alpha value is -3.93. The predicted molar refractivity (Wildman–Crippen MR) is 110 cm³/mol. The molecule has 5 nitrogen and oxygen atoms in total. The second-order valence-corrected chi connectivity index (χ2v) is 6.71. The first kappa shape index (κ1) is 19.4. The minimum absolute atomic E-state index is 0.135. The van der Waals surface area contributed by atoms with Crippen molar-refractivity contribution in [2.45, 2.75) is 6.54 Å². The molecule has 0 spiro atoms. The molecule has 0 N–H and O–H groups in total. The monoisotopic (exact) mass is 403 g/mol. The molecule has 0 fully saturated rings. The highest BCUT2D eigenvalue weighted by Crippen LogP contribution is 2.36. The Kier molecular flexibility index (Phi) is 5.30. The fourth-order valence-electron chi connectivity index (χ4n) is 3.22. The van der Waals surface area contributed by atoms with E-state index in [0.717, 1.165) is 0 Å². The van der Waals surface area contributed by atoms with Crippen LogP contribution in [0.3, 0.4) is 0 Å². The maximum atomic E-state index is 13.6. The summed E-state index contributed by atoms with van der Waals surface area (Å²) in [5, 5.41) is 0. The number of hydrogen-bond acceptors (Lipinski definition) is 4. The minimum Gasteiger partial charge on any atom is -0.465 e. The van der Waals surface area contributed by atoms with Crippen molar-refractivity contribution >= 4 is 23.6 Å². The molecule has 6 heteroatoms. The van der Waals surface area contributed by atoms with Gasteiger partial charge in [-0.15, -0.1) is 0 Å². The standard InChI is InChI=1S/C24H18FNO4/c1-29-24(28)18-11-9-16(10-12-18)14-22-23(27)26(15-17-5-4-6-19(25)13-17)20-7-2-3-8-21(20)30-22/h2-14H,15H2,1H3. The van der Waals surface area contributed by atoms with Gasteiger partial charge in [-0.2, -0.15) is 0 Å². The van der Waals surface area contributed by atoms with E-state index in [4.69, 9.17) is 9.47 Å². The van der Waals surface area contributed by atoms with E-state index in [1.807, 2.05) is 12.1 Å². The van der Waals surface area contributed by atoms with Crippen LogP contribution < -0.4 is 9.64 Å². The van der Waals surface area contributed by atoms with E-state index < -0.39 is 5.97 Å². The van der Waals surface area contributed by atoms with Crippen LogP contribution in [-0.4, -0.2) is 19.0 Å². The third-order valence-electron chi connectivity index (χ3n) is 4.69. The molecule has 0 saturated heterocycles. The lowest BCUT2D eigenvalue weighted by Gasteiger charge is -2.30. The molecule has 3 aromatic rings. The lowest BCUT2D eigenvalue weighted by molar-refractivity contribution is -0.117. The van der Waals surface area contributed by atoms with Gasteiger partial charge in [-0.3, -0.25) is 9.69 Å². The number of para-hydroxylation sites is 2. The van der Waals surface area contributed by atoms with Gasteiger partial charge in [0, 0.05) is 0 Å². The number of fused-ring (bicyclic) bond motifs is 1. The van der Waals surface area contributed by atoms with Crippen molar-refractivity contribution in [3.8, 4) is 5.75 Å². The largest absolute Gasteiger partial charge is 0.465 e. The van der Waals surface area contributed by atoms with E-state index in [1.54, 1.807) is 59.5 Å². The lowest BCUT2D eigenvalue weighted by Crippen LogP contribution is -2.36. The number of methoxy groups -OCH3 is 1. The highest BCUT2D eigenvalue weighted by Gasteiger charge is 2.30. The number of rotatable bonds is 4. The zero-order chi connectivity index (χ0) is 21.1. The smallest absolute Gasteiger partial charge is 0.337 e. The second kappa shape index (κ2) is 8.21. The third-order valence-corrected chi connectivity index (χ3v) is 4.69. The molecule has 0 unspecified atom stereocenters. The highest BCUT2D eigenvalue weighted by atomic mass is 19.1. The first-order valence-electron chi connectivity index (χ1n) is 9.28. The van der Waals surface area contributed by atoms with Crippen molar-refractivity contribution in [3.63, 3.8) is 0 Å². The van der Waals surface area contributed by atoms with Crippen molar-refractivity contribution in [2.75, 3.05) is 12.0 Å². The zero-order valence-electron chi connectivity index (χ0n) is 16.2. The molecule has 4 rings (SSSR count). The van der Waals surface area contributed by atoms with Gasteiger partial charge < -0.3 is 9.47 Å². The summed E-state index contributed by atoms with van der Waals surface area (Å²) in [7, 11) is 1.32. The van der Waals surface area contributed by atoms with Gasteiger partial charge in [0.1, 0.15) is 5.82 Å². The van der Waals surface area contributed by atoms with Gasteiger partial charge in [-0.25, -0.2) is 9.18 Å². The van der Waals surface area contributed by atoms with Crippen molar-refractivity contribution in [1.82, 2.24) is 0 Å². The van der Waals surface area contributed by atoms with Gasteiger partial charge in [0.05, 0.1) is 24.9 Å². The summed E-state index contributed by atoms with van der Waals surface area (Å²) < 4.78 is 24.2. The van der Waals surface area contributed by atoms with E-state index in [1.165, 1.54) is 19.2 Å². The maximum absolute atomic E-state index is 13.6. The van der Waals surface area contributed by atoms with E-state index in [-0.39, 0.29) is 24.0 Å². The fourth-order valence-corrected chi connectivity index (χ4v) is 3.22. The minimum atomic E-state index is -0.436. The quantitative estimate of drug-likeness (QED) is 0.473. The first-order chi connectivity index (χ1) is 14.5. The average molecular weight is 403 g/mol. The van der Waals surface area contributed by atoms with Gasteiger partial charge >= 0.3 is 5.97 Å². The molecule has 30 heavy (non-hydrogen) atoms. The van der Waals surface area contributed by atoms with Crippen LogP contribution in [0.4, 0.5) is 10.1 Å². The molecule has 0 bridgehead atoms.